The highest BCUT2D eigenvalue weighted by molar-refractivity contribution is 6.27. The van der Waals surface area contributed by atoms with Crippen LogP contribution >= 0.6 is 0 Å². The number of esters is 1. The lowest BCUT2D eigenvalue weighted by atomic mass is 9.91. The predicted molar refractivity (Wildman–Crippen MR) is 114 cm³/mol. The lowest BCUT2D eigenvalue weighted by molar-refractivity contribution is 0.0591. The van der Waals surface area contributed by atoms with Crippen molar-refractivity contribution in [2.45, 2.75) is 6.42 Å². The van der Waals surface area contributed by atoms with Crippen LogP contribution in [0.3, 0.4) is 0 Å². The third-order valence-corrected chi connectivity index (χ3v) is 5.47. The first-order valence-corrected chi connectivity index (χ1v) is 9.71. The van der Waals surface area contributed by atoms with Crippen LogP contribution < -0.4 is 9.47 Å². The quantitative estimate of drug-likeness (QED) is 0.449. The molecule has 0 radical (unpaired) electrons. The summed E-state index contributed by atoms with van der Waals surface area (Å²) in [6.45, 7) is 0.210. The van der Waals surface area contributed by atoms with Crippen molar-refractivity contribution in [1.82, 2.24) is 4.90 Å². The summed E-state index contributed by atoms with van der Waals surface area (Å²) in [7, 11) is 4.41. The first-order chi connectivity index (χ1) is 15.0. The van der Waals surface area contributed by atoms with Crippen molar-refractivity contribution in [3.05, 3.63) is 70.8 Å². The number of nitrogens with zero attached hydrogens (tertiary/aromatic N) is 1. The van der Waals surface area contributed by atoms with E-state index in [-0.39, 0.29) is 18.4 Å². The summed E-state index contributed by atoms with van der Waals surface area (Å²) in [5.74, 6) is -0.0872. The molecule has 0 aromatic heterocycles. The number of ether oxygens (including phenoxy) is 3. The van der Waals surface area contributed by atoms with E-state index in [0.717, 1.165) is 5.56 Å². The minimum Gasteiger partial charge on any atom is -0.493 e. The van der Waals surface area contributed by atoms with Gasteiger partial charge in [-0.3, -0.25) is 14.5 Å². The Morgan fingerprint density at radius 1 is 0.871 bits per heavy atom. The van der Waals surface area contributed by atoms with Gasteiger partial charge in [-0.05, 0) is 47.7 Å². The van der Waals surface area contributed by atoms with E-state index >= 15 is 0 Å². The molecule has 0 saturated heterocycles. The molecule has 1 heterocycles. The van der Waals surface area contributed by atoms with Crippen LogP contribution in [-0.4, -0.2) is 50.6 Å². The molecule has 0 bridgehead atoms. The molecule has 7 heteroatoms. The average Bonchev–Trinajstić information content (AvgIpc) is 2.81. The van der Waals surface area contributed by atoms with Gasteiger partial charge in [0.2, 0.25) is 0 Å². The van der Waals surface area contributed by atoms with Crippen molar-refractivity contribution >= 4 is 28.6 Å². The Kier molecular flexibility index (Phi) is 5.33. The number of carbonyl (C=O) groups is 3. The van der Waals surface area contributed by atoms with Crippen molar-refractivity contribution in [1.29, 1.82) is 0 Å². The largest absolute Gasteiger partial charge is 0.493 e. The summed E-state index contributed by atoms with van der Waals surface area (Å²) in [5.41, 5.74) is 2.01. The normalized spacial score (nSPS) is 12.8. The Morgan fingerprint density at radius 2 is 1.58 bits per heavy atom. The van der Waals surface area contributed by atoms with E-state index in [9.17, 15) is 14.4 Å². The van der Waals surface area contributed by atoms with E-state index < -0.39 is 5.97 Å². The van der Waals surface area contributed by atoms with Crippen molar-refractivity contribution in [3.8, 4) is 11.5 Å². The number of hydrogen-bond acceptors (Lipinski definition) is 6. The summed E-state index contributed by atoms with van der Waals surface area (Å²) < 4.78 is 15.4. The number of benzene rings is 3. The molecule has 0 spiro atoms. The van der Waals surface area contributed by atoms with Crippen molar-refractivity contribution in [2.24, 2.45) is 0 Å². The van der Waals surface area contributed by atoms with Crippen LogP contribution in [-0.2, 0) is 11.2 Å². The van der Waals surface area contributed by atoms with E-state index in [2.05, 4.69) is 0 Å². The van der Waals surface area contributed by atoms with Gasteiger partial charge in [-0.15, -0.1) is 0 Å². The fourth-order valence-corrected chi connectivity index (χ4v) is 3.91. The molecule has 1 aliphatic rings. The van der Waals surface area contributed by atoms with Crippen LogP contribution in [0.25, 0.3) is 10.8 Å². The highest BCUT2D eigenvalue weighted by Crippen LogP contribution is 2.33. The van der Waals surface area contributed by atoms with E-state index in [1.54, 1.807) is 50.6 Å². The topological polar surface area (TPSA) is 82.1 Å². The molecule has 2 amide bonds. The zero-order valence-electron chi connectivity index (χ0n) is 17.4. The molecule has 31 heavy (non-hydrogen) atoms. The molecule has 7 nitrogen and oxygen atoms in total. The maximum Gasteiger partial charge on any atom is 0.338 e. The molecule has 0 unspecified atom stereocenters. The minimum absolute atomic E-state index is 0.210. The van der Waals surface area contributed by atoms with Crippen LogP contribution in [0.1, 0.15) is 36.6 Å². The van der Waals surface area contributed by atoms with Gasteiger partial charge in [0.1, 0.15) is 0 Å². The molecule has 3 aromatic carbocycles. The second-order valence-corrected chi connectivity index (χ2v) is 7.08. The first kappa shape index (κ1) is 20.4. The molecular weight excluding hydrogens is 398 g/mol. The lowest BCUT2D eigenvalue weighted by Crippen LogP contribution is -2.41. The van der Waals surface area contributed by atoms with E-state index in [4.69, 9.17) is 14.2 Å². The molecular formula is C24H21NO6. The van der Waals surface area contributed by atoms with E-state index in [0.29, 0.717) is 45.4 Å². The summed E-state index contributed by atoms with van der Waals surface area (Å²) in [5, 5.41) is 1.02. The Morgan fingerprint density at radius 3 is 2.26 bits per heavy atom. The molecule has 0 fully saturated rings. The van der Waals surface area contributed by atoms with Gasteiger partial charge in [-0.1, -0.05) is 18.2 Å². The second-order valence-electron chi connectivity index (χ2n) is 7.08. The number of hydrogen-bond donors (Lipinski definition) is 0. The number of rotatable bonds is 6. The van der Waals surface area contributed by atoms with Gasteiger partial charge >= 0.3 is 5.97 Å². The maximum atomic E-state index is 13.2. The average molecular weight is 419 g/mol. The number of carbonyl (C=O) groups excluding carboxylic acids is 3. The van der Waals surface area contributed by atoms with Crippen LogP contribution in [0.4, 0.5) is 0 Å². The third kappa shape index (κ3) is 3.38. The highest BCUT2D eigenvalue weighted by Gasteiger charge is 2.33. The predicted octanol–water partition coefficient (Wildman–Crippen LogP) is 3.48. The zero-order chi connectivity index (χ0) is 22.1. The Hall–Kier alpha value is -3.87. The summed E-state index contributed by atoms with van der Waals surface area (Å²) in [6, 6.07) is 13.7. The van der Waals surface area contributed by atoms with Crippen molar-refractivity contribution in [2.75, 3.05) is 27.9 Å². The molecule has 0 N–H and O–H groups in total. The molecule has 1 aliphatic heterocycles. The van der Waals surface area contributed by atoms with E-state index in [1.807, 2.05) is 12.1 Å². The highest BCUT2D eigenvalue weighted by atomic mass is 16.5. The zero-order valence-corrected chi connectivity index (χ0v) is 17.4. The van der Waals surface area contributed by atoms with Crippen molar-refractivity contribution in [3.63, 3.8) is 0 Å². The van der Waals surface area contributed by atoms with Gasteiger partial charge < -0.3 is 14.2 Å². The summed E-state index contributed by atoms with van der Waals surface area (Å²) in [6.07, 6.45) is 0.462. The Balaban J connectivity index is 1.67. The fraction of sp³-hybridized carbons (Fsp3) is 0.208. The fourth-order valence-electron chi connectivity index (χ4n) is 3.91. The van der Waals surface area contributed by atoms with Crippen LogP contribution in [0, 0.1) is 0 Å². The Bertz CT molecular complexity index is 1190. The van der Waals surface area contributed by atoms with Gasteiger partial charge in [-0.2, -0.15) is 0 Å². The van der Waals surface area contributed by atoms with Gasteiger partial charge in [0, 0.05) is 23.1 Å². The summed E-state index contributed by atoms with van der Waals surface area (Å²) in [4.78, 5) is 39.7. The lowest BCUT2D eigenvalue weighted by Gasteiger charge is -2.27. The maximum absolute atomic E-state index is 13.2. The van der Waals surface area contributed by atoms with Crippen LogP contribution in [0.5, 0.6) is 11.5 Å². The number of methoxy groups -OCH3 is 3. The van der Waals surface area contributed by atoms with Crippen molar-refractivity contribution < 1.29 is 28.6 Å². The third-order valence-electron chi connectivity index (χ3n) is 5.47. The van der Waals surface area contributed by atoms with Gasteiger partial charge in [0.25, 0.3) is 11.8 Å². The second kappa shape index (κ2) is 8.10. The van der Waals surface area contributed by atoms with Crippen LogP contribution in [0.2, 0.25) is 0 Å². The van der Waals surface area contributed by atoms with E-state index in [1.165, 1.54) is 12.0 Å². The summed E-state index contributed by atoms with van der Waals surface area (Å²) >= 11 is 0. The molecule has 0 aliphatic carbocycles. The number of amides is 2. The molecule has 4 rings (SSSR count). The first-order valence-electron chi connectivity index (χ1n) is 9.71. The monoisotopic (exact) mass is 419 g/mol. The number of imide groups is 1. The van der Waals surface area contributed by atoms with Gasteiger partial charge in [0.15, 0.2) is 11.5 Å². The standard InChI is InChI=1S/C24H21NO6/c1-29-19-10-7-14(13-20(19)30-2)11-12-25-22(26)17-6-4-5-15-16(24(28)31-3)8-9-18(21(15)17)23(25)27/h4-10,13H,11-12H2,1-3H3. The Labute approximate surface area is 179 Å². The SMILES string of the molecule is COC(=O)c1ccc2c3c(cccc13)C(=O)N(CCc1ccc(OC)c(OC)c1)C2=O. The van der Waals surface area contributed by atoms with Gasteiger partial charge in [-0.25, -0.2) is 4.79 Å². The molecule has 158 valence electrons. The smallest absolute Gasteiger partial charge is 0.338 e. The minimum atomic E-state index is -0.514. The van der Waals surface area contributed by atoms with Crippen LogP contribution in [0.15, 0.2) is 48.5 Å². The molecule has 0 saturated carbocycles. The molecule has 3 aromatic rings. The van der Waals surface area contributed by atoms with Gasteiger partial charge in [0.05, 0.1) is 26.9 Å². The molecule has 0 atom stereocenters.